The van der Waals surface area contributed by atoms with Crippen molar-refractivity contribution in [3.63, 3.8) is 0 Å². The van der Waals surface area contributed by atoms with Gasteiger partial charge in [0.25, 0.3) is 0 Å². The monoisotopic (exact) mass is 178 g/mol. The molecular weight excluding hydrogens is 164 g/mol. The Labute approximate surface area is 77.8 Å². The molecule has 1 fully saturated rings. The molecule has 4 nitrogen and oxygen atoms in total. The lowest BCUT2D eigenvalue weighted by atomic mass is 10.4. The molecular formula is C9H14N4. The van der Waals surface area contributed by atoms with Gasteiger partial charge in [0.2, 0.25) is 0 Å². The van der Waals surface area contributed by atoms with Crippen molar-refractivity contribution in [2.75, 3.05) is 18.0 Å². The lowest BCUT2D eigenvalue weighted by molar-refractivity contribution is 0.875. The predicted molar refractivity (Wildman–Crippen MR) is 51.4 cm³/mol. The van der Waals surface area contributed by atoms with Gasteiger partial charge in [0.15, 0.2) is 5.82 Å². The van der Waals surface area contributed by atoms with Crippen molar-refractivity contribution in [3.05, 3.63) is 18.1 Å². The minimum Gasteiger partial charge on any atom is -0.355 e. The third-order valence-corrected chi connectivity index (χ3v) is 2.35. The van der Waals surface area contributed by atoms with Crippen molar-refractivity contribution in [1.29, 1.82) is 0 Å². The van der Waals surface area contributed by atoms with Crippen LogP contribution < -0.4 is 10.6 Å². The van der Waals surface area contributed by atoms with E-state index in [9.17, 15) is 0 Å². The topological polar surface area (TPSA) is 55.0 Å². The Hall–Kier alpha value is -1.16. The number of hydrogen-bond donors (Lipinski definition) is 1. The molecule has 0 aromatic carbocycles. The van der Waals surface area contributed by atoms with Gasteiger partial charge in [-0.05, 0) is 12.8 Å². The first-order valence-corrected chi connectivity index (χ1v) is 4.66. The van der Waals surface area contributed by atoms with Crippen LogP contribution in [0.5, 0.6) is 0 Å². The summed E-state index contributed by atoms with van der Waals surface area (Å²) in [6.45, 7) is 2.65. The van der Waals surface area contributed by atoms with Gasteiger partial charge in [-0.25, -0.2) is 4.98 Å². The van der Waals surface area contributed by atoms with E-state index in [2.05, 4.69) is 14.9 Å². The number of hydrogen-bond acceptors (Lipinski definition) is 4. The fourth-order valence-corrected chi connectivity index (χ4v) is 1.70. The first-order valence-electron chi connectivity index (χ1n) is 4.66. The van der Waals surface area contributed by atoms with Crippen molar-refractivity contribution in [1.82, 2.24) is 9.97 Å². The molecule has 0 spiro atoms. The van der Waals surface area contributed by atoms with Crippen LogP contribution >= 0.6 is 0 Å². The standard InChI is InChI=1S/C9H14N4/c10-7-8-9(12-4-3-11-8)13-5-1-2-6-13/h3-4H,1-2,5-7,10H2. The zero-order valence-electron chi connectivity index (χ0n) is 7.61. The molecule has 0 saturated carbocycles. The second-order valence-corrected chi connectivity index (χ2v) is 3.22. The van der Waals surface area contributed by atoms with Gasteiger partial charge in [-0.2, -0.15) is 0 Å². The molecule has 1 aromatic heterocycles. The summed E-state index contributed by atoms with van der Waals surface area (Å²) in [5.41, 5.74) is 6.50. The van der Waals surface area contributed by atoms with E-state index in [1.165, 1.54) is 12.8 Å². The number of nitrogens with zero attached hydrogens (tertiary/aromatic N) is 3. The van der Waals surface area contributed by atoms with Gasteiger partial charge in [0, 0.05) is 32.0 Å². The summed E-state index contributed by atoms with van der Waals surface area (Å²) in [7, 11) is 0. The van der Waals surface area contributed by atoms with Crippen molar-refractivity contribution in [3.8, 4) is 0 Å². The van der Waals surface area contributed by atoms with Crippen molar-refractivity contribution >= 4 is 5.82 Å². The third kappa shape index (κ3) is 1.62. The predicted octanol–water partition coefficient (Wildman–Crippen LogP) is 0.535. The maximum absolute atomic E-state index is 5.59. The summed E-state index contributed by atoms with van der Waals surface area (Å²) < 4.78 is 0. The van der Waals surface area contributed by atoms with Crippen LogP contribution in [-0.4, -0.2) is 23.1 Å². The minimum atomic E-state index is 0.472. The highest BCUT2D eigenvalue weighted by molar-refractivity contribution is 5.43. The smallest absolute Gasteiger partial charge is 0.151 e. The molecule has 13 heavy (non-hydrogen) atoms. The van der Waals surface area contributed by atoms with Gasteiger partial charge in [-0.15, -0.1) is 0 Å². The van der Waals surface area contributed by atoms with E-state index in [1.54, 1.807) is 12.4 Å². The zero-order valence-corrected chi connectivity index (χ0v) is 7.61. The summed E-state index contributed by atoms with van der Waals surface area (Å²) in [6, 6.07) is 0. The summed E-state index contributed by atoms with van der Waals surface area (Å²) >= 11 is 0. The molecule has 2 heterocycles. The maximum atomic E-state index is 5.59. The first kappa shape index (κ1) is 8.44. The summed E-state index contributed by atoms with van der Waals surface area (Å²) in [6.07, 6.45) is 5.93. The molecule has 1 aromatic rings. The Bertz CT molecular complexity index is 281. The van der Waals surface area contributed by atoms with Gasteiger partial charge >= 0.3 is 0 Å². The number of nitrogens with two attached hydrogens (primary N) is 1. The van der Waals surface area contributed by atoms with E-state index in [0.29, 0.717) is 6.54 Å². The molecule has 0 amide bonds. The van der Waals surface area contributed by atoms with Gasteiger partial charge in [-0.1, -0.05) is 0 Å². The molecule has 1 aliphatic rings. The fraction of sp³-hybridized carbons (Fsp3) is 0.556. The molecule has 0 bridgehead atoms. The molecule has 1 aliphatic heterocycles. The van der Waals surface area contributed by atoms with Gasteiger partial charge < -0.3 is 10.6 Å². The van der Waals surface area contributed by atoms with Crippen molar-refractivity contribution in [2.24, 2.45) is 5.73 Å². The quantitative estimate of drug-likeness (QED) is 0.718. The van der Waals surface area contributed by atoms with E-state index in [4.69, 9.17) is 5.73 Å². The van der Waals surface area contributed by atoms with Crippen molar-refractivity contribution in [2.45, 2.75) is 19.4 Å². The van der Waals surface area contributed by atoms with E-state index in [0.717, 1.165) is 24.6 Å². The number of rotatable bonds is 2. The highest BCUT2D eigenvalue weighted by Gasteiger charge is 2.16. The van der Waals surface area contributed by atoms with Gasteiger partial charge in [0.05, 0.1) is 5.69 Å². The van der Waals surface area contributed by atoms with E-state index < -0.39 is 0 Å². The molecule has 0 radical (unpaired) electrons. The Morgan fingerprint density at radius 1 is 1.23 bits per heavy atom. The Morgan fingerprint density at radius 2 is 1.92 bits per heavy atom. The Balaban J connectivity index is 2.26. The highest BCUT2D eigenvalue weighted by atomic mass is 15.2. The first-order chi connectivity index (χ1) is 6.42. The summed E-state index contributed by atoms with van der Waals surface area (Å²) in [5.74, 6) is 0.975. The highest BCUT2D eigenvalue weighted by Crippen LogP contribution is 2.19. The van der Waals surface area contributed by atoms with Crippen LogP contribution in [0.3, 0.4) is 0 Å². The largest absolute Gasteiger partial charge is 0.355 e. The molecule has 2 N–H and O–H groups in total. The molecule has 0 atom stereocenters. The Kier molecular flexibility index (Phi) is 2.40. The normalized spacial score (nSPS) is 16.5. The lowest BCUT2D eigenvalue weighted by Crippen LogP contribution is -2.22. The summed E-state index contributed by atoms with van der Waals surface area (Å²) in [5, 5.41) is 0. The summed E-state index contributed by atoms with van der Waals surface area (Å²) in [4.78, 5) is 10.8. The van der Waals surface area contributed by atoms with Crippen LogP contribution in [0.4, 0.5) is 5.82 Å². The van der Waals surface area contributed by atoms with Crippen LogP contribution in [0.2, 0.25) is 0 Å². The fourth-order valence-electron chi connectivity index (χ4n) is 1.70. The maximum Gasteiger partial charge on any atom is 0.151 e. The lowest BCUT2D eigenvalue weighted by Gasteiger charge is -2.17. The number of anilines is 1. The molecule has 1 saturated heterocycles. The van der Waals surface area contributed by atoms with Gasteiger partial charge in [-0.3, -0.25) is 4.98 Å². The second-order valence-electron chi connectivity index (χ2n) is 3.22. The van der Waals surface area contributed by atoms with Gasteiger partial charge in [0.1, 0.15) is 0 Å². The average Bonchev–Trinajstić information content (AvgIpc) is 2.70. The molecule has 2 rings (SSSR count). The molecule has 4 heteroatoms. The van der Waals surface area contributed by atoms with Crippen LogP contribution in [0.15, 0.2) is 12.4 Å². The van der Waals surface area contributed by atoms with E-state index in [1.807, 2.05) is 0 Å². The average molecular weight is 178 g/mol. The second kappa shape index (κ2) is 3.70. The van der Waals surface area contributed by atoms with Crippen LogP contribution in [0.25, 0.3) is 0 Å². The zero-order chi connectivity index (χ0) is 9.10. The van der Waals surface area contributed by atoms with E-state index >= 15 is 0 Å². The number of aromatic nitrogens is 2. The molecule has 70 valence electrons. The minimum absolute atomic E-state index is 0.472. The van der Waals surface area contributed by atoms with Crippen LogP contribution in [0, 0.1) is 0 Å². The Morgan fingerprint density at radius 3 is 2.62 bits per heavy atom. The van der Waals surface area contributed by atoms with Crippen molar-refractivity contribution < 1.29 is 0 Å². The molecule has 0 unspecified atom stereocenters. The molecule has 0 aliphatic carbocycles. The SMILES string of the molecule is NCc1nccnc1N1CCCC1. The van der Waals surface area contributed by atoms with Crippen LogP contribution in [0.1, 0.15) is 18.5 Å². The van der Waals surface area contributed by atoms with E-state index in [-0.39, 0.29) is 0 Å². The third-order valence-electron chi connectivity index (χ3n) is 2.35. The van der Waals surface area contributed by atoms with Crippen LogP contribution in [-0.2, 0) is 6.54 Å².